The molecular weight excluding hydrogens is 259 g/mol. The van der Waals surface area contributed by atoms with E-state index in [2.05, 4.69) is 5.10 Å². The largest absolute Gasteiger partial charge is 0.341 e. The lowest BCUT2D eigenvalue weighted by Gasteiger charge is -2.20. The number of aromatic nitrogens is 2. The average Bonchev–Trinajstić information content (AvgIpc) is 2.74. The molecule has 7 heteroatoms. The number of carbonyl (C=O) groups excluding carboxylic acids is 1. The van der Waals surface area contributed by atoms with E-state index in [9.17, 15) is 9.18 Å². The molecule has 0 bridgehead atoms. The van der Waals surface area contributed by atoms with E-state index in [1.54, 1.807) is 22.8 Å². The van der Waals surface area contributed by atoms with Gasteiger partial charge in [-0.25, -0.2) is 4.39 Å². The lowest BCUT2D eigenvalue weighted by molar-refractivity contribution is 0.0780. The number of hydrogen-bond donors (Lipinski definition) is 1. The van der Waals surface area contributed by atoms with Crippen molar-refractivity contribution in [3.05, 3.63) is 29.4 Å². The highest BCUT2D eigenvalue weighted by Crippen LogP contribution is 2.16. The van der Waals surface area contributed by atoms with Crippen molar-refractivity contribution in [3.63, 3.8) is 0 Å². The van der Waals surface area contributed by atoms with E-state index in [0.717, 1.165) is 12.1 Å². The number of amides is 1. The molecule has 0 saturated heterocycles. The Bertz CT molecular complexity index is 472. The van der Waals surface area contributed by atoms with Gasteiger partial charge in [0.1, 0.15) is 0 Å². The van der Waals surface area contributed by atoms with E-state index < -0.39 is 0 Å². The van der Waals surface area contributed by atoms with Gasteiger partial charge in [0, 0.05) is 32.8 Å². The Hall–Kier alpha value is -1.40. The maximum Gasteiger partial charge on any atom is 0.257 e. The first-order valence-electron chi connectivity index (χ1n) is 5.45. The molecule has 2 rings (SSSR count). The highest BCUT2D eigenvalue weighted by atomic mass is 35.5. The molecule has 0 fully saturated rings. The van der Waals surface area contributed by atoms with Crippen molar-refractivity contribution >= 4 is 18.3 Å². The second-order valence-corrected chi connectivity index (χ2v) is 4.14. The minimum Gasteiger partial charge on any atom is -0.341 e. The average molecular weight is 275 g/mol. The number of carbonyl (C=O) groups is 1. The van der Waals surface area contributed by atoms with E-state index in [1.807, 2.05) is 0 Å². The van der Waals surface area contributed by atoms with Gasteiger partial charge in [0.25, 0.3) is 5.91 Å². The first kappa shape index (κ1) is 14.7. The normalized spacial score (nSPS) is 15.4. The number of likely N-dealkylation sites (N-methyl/N-ethyl adjacent to an activating group) is 1. The highest BCUT2D eigenvalue weighted by Gasteiger charge is 2.24. The van der Waals surface area contributed by atoms with Crippen molar-refractivity contribution in [2.45, 2.75) is 13.0 Å². The Morgan fingerprint density at radius 3 is 3.00 bits per heavy atom. The van der Waals surface area contributed by atoms with Crippen molar-refractivity contribution in [3.8, 4) is 0 Å². The van der Waals surface area contributed by atoms with Crippen LogP contribution in [0.3, 0.4) is 0 Å². The molecule has 0 saturated carbocycles. The van der Waals surface area contributed by atoms with Crippen LogP contribution >= 0.6 is 12.4 Å². The Morgan fingerprint density at radius 1 is 1.67 bits per heavy atom. The van der Waals surface area contributed by atoms with Gasteiger partial charge in [-0.05, 0) is 5.57 Å². The number of nitrogens with two attached hydrogens (primary N) is 1. The molecule has 2 N–H and O–H groups in total. The van der Waals surface area contributed by atoms with Crippen LogP contribution in [-0.4, -0.2) is 40.7 Å². The van der Waals surface area contributed by atoms with Gasteiger partial charge < -0.3 is 10.6 Å². The minimum absolute atomic E-state index is 0. The number of halogens is 2. The van der Waals surface area contributed by atoms with Crippen LogP contribution < -0.4 is 5.73 Å². The fourth-order valence-corrected chi connectivity index (χ4v) is 1.84. The predicted octanol–water partition coefficient (Wildman–Crippen LogP) is 0.745. The molecule has 100 valence electrons. The molecule has 1 aromatic heterocycles. The van der Waals surface area contributed by atoms with E-state index in [0.29, 0.717) is 24.0 Å². The first-order chi connectivity index (χ1) is 8.15. The fraction of sp³-hybridized carbons (Fsp3) is 0.455. The monoisotopic (exact) mass is 274 g/mol. The second kappa shape index (κ2) is 5.97. The SMILES string of the molecule is CN1CCc2nn(C/C(=C/F)CN)cc2C1=O.Cl. The summed E-state index contributed by atoms with van der Waals surface area (Å²) >= 11 is 0. The Labute approximate surface area is 111 Å². The van der Waals surface area contributed by atoms with Crippen molar-refractivity contribution in [2.24, 2.45) is 5.73 Å². The van der Waals surface area contributed by atoms with E-state index >= 15 is 0 Å². The maximum absolute atomic E-state index is 12.4. The van der Waals surface area contributed by atoms with Gasteiger partial charge in [-0.1, -0.05) is 0 Å². The summed E-state index contributed by atoms with van der Waals surface area (Å²) in [4.78, 5) is 13.5. The van der Waals surface area contributed by atoms with Crippen LogP contribution in [0, 0.1) is 0 Å². The number of nitrogens with zero attached hydrogens (tertiary/aromatic N) is 3. The van der Waals surface area contributed by atoms with Crippen LogP contribution in [0.25, 0.3) is 0 Å². The van der Waals surface area contributed by atoms with Crippen molar-refractivity contribution in [2.75, 3.05) is 20.1 Å². The number of rotatable bonds is 3. The molecule has 1 aliphatic heterocycles. The lowest BCUT2D eigenvalue weighted by atomic mass is 10.1. The second-order valence-electron chi connectivity index (χ2n) is 4.14. The van der Waals surface area contributed by atoms with E-state index in [4.69, 9.17) is 5.73 Å². The molecule has 2 heterocycles. The van der Waals surface area contributed by atoms with Crippen molar-refractivity contribution in [1.29, 1.82) is 0 Å². The molecule has 5 nitrogen and oxygen atoms in total. The lowest BCUT2D eigenvalue weighted by Crippen LogP contribution is -2.33. The third-order valence-corrected chi connectivity index (χ3v) is 2.88. The van der Waals surface area contributed by atoms with E-state index in [1.165, 1.54) is 0 Å². The zero-order valence-corrected chi connectivity index (χ0v) is 10.9. The van der Waals surface area contributed by atoms with Crippen molar-refractivity contribution in [1.82, 2.24) is 14.7 Å². The van der Waals surface area contributed by atoms with Crippen LogP contribution in [0.15, 0.2) is 18.1 Å². The summed E-state index contributed by atoms with van der Waals surface area (Å²) in [6.07, 6.45) is 2.89. The standard InChI is InChI=1S/C11H15FN4O.ClH/c1-15-3-2-10-9(11(15)17)7-16(14-10)6-8(4-12)5-13;/h4,7H,2-3,5-6,13H2,1H3;1H/b8-4+;. The summed E-state index contributed by atoms with van der Waals surface area (Å²) in [5, 5.41) is 4.28. The topological polar surface area (TPSA) is 64.2 Å². The van der Waals surface area contributed by atoms with Gasteiger partial charge in [-0.3, -0.25) is 9.48 Å². The maximum atomic E-state index is 12.4. The molecular formula is C11H16ClFN4O. The first-order valence-corrected chi connectivity index (χ1v) is 5.45. The highest BCUT2D eigenvalue weighted by molar-refractivity contribution is 5.95. The van der Waals surface area contributed by atoms with E-state index in [-0.39, 0.29) is 31.4 Å². The third kappa shape index (κ3) is 2.70. The van der Waals surface area contributed by atoms with Gasteiger partial charge >= 0.3 is 0 Å². The van der Waals surface area contributed by atoms with Crippen LogP contribution in [0.2, 0.25) is 0 Å². The molecule has 0 aliphatic carbocycles. The predicted molar refractivity (Wildman–Crippen MR) is 68.4 cm³/mol. The summed E-state index contributed by atoms with van der Waals surface area (Å²) in [6, 6.07) is 0. The smallest absolute Gasteiger partial charge is 0.257 e. The zero-order chi connectivity index (χ0) is 12.4. The minimum atomic E-state index is -0.0315. The third-order valence-electron chi connectivity index (χ3n) is 2.88. The van der Waals surface area contributed by atoms with Crippen LogP contribution in [0.5, 0.6) is 0 Å². The van der Waals surface area contributed by atoms with Gasteiger partial charge in [-0.2, -0.15) is 5.10 Å². The Morgan fingerprint density at radius 2 is 2.39 bits per heavy atom. The molecule has 0 unspecified atom stereocenters. The molecule has 18 heavy (non-hydrogen) atoms. The molecule has 0 spiro atoms. The molecule has 1 aromatic rings. The molecule has 0 atom stereocenters. The van der Waals surface area contributed by atoms with Gasteiger partial charge in [0.15, 0.2) is 0 Å². The van der Waals surface area contributed by atoms with Gasteiger partial charge in [0.2, 0.25) is 0 Å². The number of fused-ring (bicyclic) bond motifs is 1. The van der Waals surface area contributed by atoms with Gasteiger partial charge in [-0.15, -0.1) is 12.4 Å². The summed E-state index contributed by atoms with van der Waals surface area (Å²) in [5.74, 6) is -0.0315. The number of hydrogen-bond acceptors (Lipinski definition) is 3. The molecule has 1 amide bonds. The molecule has 1 aliphatic rings. The summed E-state index contributed by atoms with van der Waals surface area (Å²) in [7, 11) is 1.76. The van der Waals surface area contributed by atoms with Crippen LogP contribution in [0.1, 0.15) is 16.1 Å². The van der Waals surface area contributed by atoms with Crippen molar-refractivity contribution < 1.29 is 9.18 Å². The van der Waals surface area contributed by atoms with Gasteiger partial charge in [0.05, 0.1) is 24.1 Å². The molecule has 0 aromatic carbocycles. The Kier molecular flexibility index (Phi) is 4.86. The van der Waals surface area contributed by atoms with Crippen LogP contribution in [0.4, 0.5) is 4.39 Å². The Balaban J connectivity index is 0.00000162. The summed E-state index contributed by atoms with van der Waals surface area (Å²) in [6.45, 7) is 1.11. The fourth-order valence-electron chi connectivity index (χ4n) is 1.84. The zero-order valence-electron chi connectivity index (χ0n) is 10.1. The molecule has 0 radical (unpaired) electrons. The summed E-state index contributed by atoms with van der Waals surface area (Å²) < 4.78 is 14.0. The summed E-state index contributed by atoms with van der Waals surface area (Å²) in [5.41, 5.74) is 7.21. The quantitative estimate of drug-likeness (QED) is 0.884. The van der Waals surface area contributed by atoms with Crippen LogP contribution in [-0.2, 0) is 13.0 Å².